The molecule has 6 heteroatoms. The number of rotatable bonds is 3. The maximum atomic E-state index is 12.5. The fourth-order valence-corrected chi connectivity index (χ4v) is 1.54. The van der Waals surface area contributed by atoms with Crippen LogP contribution in [0.1, 0.15) is 18.4 Å². The van der Waals surface area contributed by atoms with E-state index >= 15 is 0 Å². The highest BCUT2D eigenvalue weighted by molar-refractivity contribution is 9.10. The quantitative estimate of drug-likeness (QED) is 0.843. The standard InChI is InChI=1S/C12H9BrF3NO/c1-2-3-4-11(18)17-10-7-8(12(14,15)16)5-6-9(10)13/h1,5-7H,3-4H2,(H,17,18). The Labute approximate surface area is 111 Å². The first-order valence-corrected chi connectivity index (χ1v) is 5.74. The summed E-state index contributed by atoms with van der Waals surface area (Å²) in [7, 11) is 0. The first kappa shape index (κ1) is 14.6. The van der Waals surface area contributed by atoms with Crippen LogP contribution in [0.25, 0.3) is 0 Å². The summed E-state index contributed by atoms with van der Waals surface area (Å²) in [6.45, 7) is 0. The summed E-state index contributed by atoms with van der Waals surface area (Å²) in [5, 5.41) is 2.38. The van der Waals surface area contributed by atoms with E-state index in [1.807, 2.05) is 0 Å². The van der Waals surface area contributed by atoms with Crippen LogP contribution in [-0.2, 0) is 11.0 Å². The minimum Gasteiger partial charge on any atom is -0.325 e. The van der Waals surface area contributed by atoms with Crippen LogP contribution in [0.4, 0.5) is 18.9 Å². The number of terminal acetylenes is 1. The number of hydrogen-bond donors (Lipinski definition) is 1. The number of hydrogen-bond acceptors (Lipinski definition) is 1. The van der Waals surface area contributed by atoms with E-state index in [2.05, 4.69) is 27.2 Å². The Morgan fingerprint density at radius 2 is 2.11 bits per heavy atom. The van der Waals surface area contributed by atoms with Crippen molar-refractivity contribution in [2.75, 3.05) is 5.32 Å². The summed E-state index contributed by atoms with van der Waals surface area (Å²) >= 11 is 3.07. The molecular formula is C12H9BrF3NO. The first-order chi connectivity index (χ1) is 8.34. The van der Waals surface area contributed by atoms with Crippen molar-refractivity contribution in [3.05, 3.63) is 28.2 Å². The van der Waals surface area contributed by atoms with E-state index < -0.39 is 17.6 Å². The van der Waals surface area contributed by atoms with Crippen LogP contribution in [0.3, 0.4) is 0 Å². The lowest BCUT2D eigenvalue weighted by Gasteiger charge is -2.11. The Morgan fingerprint density at radius 1 is 1.44 bits per heavy atom. The predicted molar refractivity (Wildman–Crippen MR) is 65.8 cm³/mol. The molecule has 0 unspecified atom stereocenters. The van der Waals surface area contributed by atoms with Crippen molar-refractivity contribution in [1.82, 2.24) is 0 Å². The van der Waals surface area contributed by atoms with Crippen LogP contribution in [0.5, 0.6) is 0 Å². The molecule has 0 aromatic heterocycles. The molecule has 1 N–H and O–H groups in total. The Morgan fingerprint density at radius 3 is 2.67 bits per heavy atom. The number of anilines is 1. The van der Waals surface area contributed by atoms with E-state index in [-0.39, 0.29) is 18.5 Å². The van der Waals surface area contributed by atoms with Crippen LogP contribution < -0.4 is 5.32 Å². The van der Waals surface area contributed by atoms with Gasteiger partial charge in [-0.15, -0.1) is 12.3 Å². The Balaban J connectivity index is 2.89. The molecule has 0 saturated carbocycles. The van der Waals surface area contributed by atoms with E-state index in [9.17, 15) is 18.0 Å². The highest BCUT2D eigenvalue weighted by atomic mass is 79.9. The first-order valence-electron chi connectivity index (χ1n) is 4.94. The maximum Gasteiger partial charge on any atom is 0.416 e. The van der Waals surface area contributed by atoms with E-state index in [1.165, 1.54) is 6.07 Å². The minimum atomic E-state index is -4.45. The summed E-state index contributed by atoms with van der Waals surface area (Å²) < 4.78 is 37.8. The Kier molecular flexibility index (Phi) is 4.79. The zero-order valence-electron chi connectivity index (χ0n) is 9.14. The number of halogens is 4. The van der Waals surface area contributed by atoms with Gasteiger partial charge in [-0.1, -0.05) is 0 Å². The smallest absolute Gasteiger partial charge is 0.325 e. The second-order valence-electron chi connectivity index (χ2n) is 3.44. The van der Waals surface area contributed by atoms with Crippen molar-refractivity contribution in [2.24, 2.45) is 0 Å². The predicted octanol–water partition coefficient (Wildman–Crippen LogP) is 3.82. The third kappa shape index (κ3) is 4.08. The lowest BCUT2D eigenvalue weighted by Crippen LogP contribution is -2.13. The Bertz CT molecular complexity index is 491. The van der Waals surface area contributed by atoms with Gasteiger partial charge >= 0.3 is 6.18 Å². The molecule has 18 heavy (non-hydrogen) atoms. The van der Waals surface area contributed by atoms with Gasteiger partial charge in [0, 0.05) is 17.3 Å². The highest BCUT2D eigenvalue weighted by Crippen LogP contribution is 2.33. The van der Waals surface area contributed by atoms with Gasteiger partial charge < -0.3 is 5.32 Å². The third-order valence-corrected chi connectivity index (χ3v) is 2.76. The molecular weight excluding hydrogens is 311 g/mol. The molecule has 0 bridgehead atoms. The molecule has 0 aliphatic carbocycles. The van der Waals surface area contributed by atoms with E-state index in [0.29, 0.717) is 4.47 Å². The zero-order valence-corrected chi connectivity index (χ0v) is 10.7. The lowest BCUT2D eigenvalue weighted by molar-refractivity contribution is -0.137. The van der Waals surface area contributed by atoms with Gasteiger partial charge in [0.15, 0.2) is 0 Å². The molecule has 1 aromatic carbocycles. The van der Waals surface area contributed by atoms with Gasteiger partial charge in [-0.2, -0.15) is 13.2 Å². The summed E-state index contributed by atoms with van der Waals surface area (Å²) in [6, 6.07) is 3.04. The van der Waals surface area contributed by atoms with Gasteiger partial charge in [0.05, 0.1) is 11.3 Å². The van der Waals surface area contributed by atoms with Crippen molar-refractivity contribution in [2.45, 2.75) is 19.0 Å². The average Bonchev–Trinajstić information content (AvgIpc) is 2.28. The molecule has 0 aliphatic rings. The normalized spacial score (nSPS) is 10.8. The molecule has 0 heterocycles. The molecule has 0 fully saturated rings. The van der Waals surface area contributed by atoms with Gasteiger partial charge in [0.1, 0.15) is 0 Å². The van der Waals surface area contributed by atoms with Crippen LogP contribution in [-0.4, -0.2) is 5.91 Å². The summed E-state index contributed by atoms with van der Waals surface area (Å²) in [5.41, 5.74) is -0.746. The SMILES string of the molecule is C#CCCC(=O)Nc1cc(C(F)(F)F)ccc1Br. The van der Waals surface area contributed by atoms with E-state index in [1.54, 1.807) is 0 Å². The van der Waals surface area contributed by atoms with E-state index in [4.69, 9.17) is 6.42 Å². The van der Waals surface area contributed by atoms with Gasteiger partial charge in [-0.05, 0) is 34.1 Å². The highest BCUT2D eigenvalue weighted by Gasteiger charge is 2.31. The topological polar surface area (TPSA) is 29.1 Å². The van der Waals surface area contributed by atoms with Crippen LogP contribution in [0.15, 0.2) is 22.7 Å². The minimum absolute atomic E-state index is 0.0686. The molecule has 0 atom stereocenters. The summed E-state index contributed by atoms with van der Waals surface area (Å²) in [4.78, 5) is 11.4. The van der Waals surface area contributed by atoms with Crippen molar-refractivity contribution >= 4 is 27.5 Å². The fraction of sp³-hybridized carbons (Fsp3) is 0.250. The van der Waals surface area contributed by atoms with Gasteiger partial charge in [-0.25, -0.2) is 0 Å². The fourth-order valence-electron chi connectivity index (χ4n) is 1.20. The van der Waals surface area contributed by atoms with Crippen molar-refractivity contribution < 1.29 is 18.0 Å². The molecule has 0 saturated heterocycles. The van der Waals surface area contributed by atoms with Crippen molar-refractivity contribution in [3.63, 3.8) is 0 Å². The van der Waals surface area contributed by atoms with E-state index in [0.717, 1.165) is 12.1 Å². The molecule has 96 valence electrons. The molecule has 0 radical (unpaired) electrons. The molecule has 0 aliphatic heterocycles. The molecule has 1 rings (SSSR count). The lowest BCUT2D eigenvalue weighted by atomic mass is 10.2. The van der Waals surface area contributed by atoms with Crippen LogP contribution in [0.2, 0.25) is 0 Å². The molecule has 1 aromatic rings. The number of carbonyl (C=O) groups is 1. The zero-order chi connectivity index (χ0) is 13.8. The molecule has 2 nitrogen and oxygen atoms in total. The number of nitrogens with one attached hydrogen (secondary N) is 1. The number of alkyl halides is 3. The third-order valence-electron chi connectivity index (χ3n) is 2.06. The second kappa shape index (κ2) is 5.91. The monoisotopic (exact) mass is 319 g/mol. The maximum absolute atomic E-state index is 12.5. The Hall–Kier alpha value is -1.48. The van der Waals surface area contributed by atoms with Crippen LogP contribution >= 0.6 is 15.9 Å². The molecule has 0 spiro atoms. The summed E-state index contributed by atoms with van der Waals surface area (Å²) in [6.07, 6.45) is 0.855. The van der Waals surface area contributed by atoms with Crippen LogP contribution in [0, 0.1) is 12.3 Å². The van der Waals surface area contributed by atoms with Crippen molar-refractivity contribution in [3.8, 4) is 12.3 Å². The van der Waals surface area contributed by atoms with Gasteiger partial charge in [-0.3, -0.25) is 4.79 Å². The average molecular weight is 320 g/mol. The van der Waals surface area contributed by atoms with Crippen molar-refractivity contribution in [1.29, 1.82) is 0 Å². The number of carbonyl (C=O) groups excluding carboxylic acids is 1. The molecule has 1 amide bonds. The van der Waals surface area contributed by atoms with Gasteiger partial charge in [0.2, 0.25) is 5.91 Å². The number of benzene rings is 1. The largest absolute Gasteiger partial charge is 0.416 e. The van der Waals surface area contributed by atoms with Gasteiger partial charge in [0.25, 0.3) is 0 Å². The second-order valence-corrected chi connectivity index (χ2v) is 4.30. The number of amides is 1. The summed E-state index contributed by atoms with van der Waals surface area (Å²) in [5.74, 6) is 1.86.